The van der Waals surface area contributed by atoms with E-state index in [1.807, 2.05) is 77.4 Å². The first-order chi connectivity index (χ1) is 32.5. The Labute approximate surface area is 372 Å². The fourth-order valence-electron chi connectivity index (χ4n) is 7.61. The van der Waals surface area contributed by atoms with Gasteiger partial charge in [0.15, 0.2) is 69.8 Å². The molecular weight excluding hydrogens is 977 g/mol. The minimum atomic E-state index is -7.22. The Morgan fingerprint density at radius 1 is 0.420 bits per heavy atom. The zero-order chi connectivity index (χ0) is 51.1. The minimum absolute atomic E-state index is 0.0776. The van der Waals surface area contributed by atoms with Crippen LogP contribution in [-0.2, 0) is 6.54 Å². The van der Waals surface area contributed by atoms with Gasteiger partial charge in [0.05, 0.1) is 0 Å². The summed E-state index contributed by atoms with van der Waals surface area (Å²) in [6, 6.07) is 21.4. The van der Waals surface area contributed by atoms with Crippen molar-refractivity contribution in [3.8, 4) is 0 Å². The van der Waals surface area contributed by atoms with Gasteiger partial charge in [-0.1, -0.05) is 48.5 Å². The highest BCUT2D eigenvalue weighted by Crippen LogP contribution is 2.31. The average Bonchev–Trinajstić information content (AvgIpc) is 3.34. The molecule has 0 amide bonds. The predicted molar refractivity (Wildman–Crippen MR) is 205 cm³/mol. The molecule has 360 valence electrons. The lowest BCUT2D eigenvalue weighted by Crippen LogP contribution is -2.81. The van der Waals surface area contributed by atoms with E-state index >= 15 is 35.1 Å². The number of aliphatic hydroxyl groups excluding tert-OH is 1. The number of fused-ring (bicyclic) bond motifs is 1. The molecule has 0 fully saturated rings. The summed E-state index contributed by atoms with van der Waals surface area (Å²) in [5, 5.41) is 10.1. The summed E-state index contributed by atoms with van der Waals surface area (Å²) < 4.78 is 296. The van der Waals surface area contributed by atoms with Crippen LogP contribution in [0.5, 0.6) is 0 Å². The first kappa shape index (κ1) is 51.2. The summed E-state index contributed by atoms with van der Waals surface area (Å²) in [6.07, 6.45) is -2.74. The van der Waals surface area contributed by atoms with E-state index in [9.17, 15) is 57.5 Å². The topological polar surface area (TPSA) is 41.2 Å². The summed E-state index contributed by atoms with van der Waals surface area (Å²) in [6.45, 7) is 0.400. The molecule has 0 radical (unpaired) electrons. The molecule has 1 N–H and O–H groups in total. The molecule has 0 aliphatic heterocycles. The number of pyridine rings is 1. The number of nitrogens with zero attached hydrogens (tertiary/aromatic N) is 1. The molecule has 1 aromatic heterocycles. The lowest BCUT2D eigenvalue weighted by atomic mass is 9.12. The molecule has 3 nitrogen and oxygen atoms in total. The smallest absolute Gasteiger partial charge is 0.227 e. The third-order valence-corrected chi connectivity index (χ3v) is 10.7. The maximum absolute atomic E-state index is 15.4. The summed E-state index contributed by atoms with van der Waals surface area (Å²) in [5.74, 6) is -71.3. The first-order valence-electron chi connectivity index (χ1n) is 19.0. The molecule has 1 heterocycles. The second kappa shape index (κ2) is 19.8. The first-order valence-corrected chi connectivity index (χ1v) is 19.0. The van der Waals surface area contributed by atoms with Gasteiger partial charge in [-0.25, -0.2) is 87.8 Å². The van der Waals surface area contributed by atoms with Gasteiger partial charge in [0.1, 0.15) is 52.7 Å². The number of carbonyl (C=O) groups is 1. The lowest BCUT2D eigenvalue weighted by Gasteiger charge is -2.44. The Morgan fingerprint density at radius 2 is 0.739 bits per heavy atom. The van der Waals surface area contributed by atoms with Crippen molar-refractivity contribution in [2.45, 2.75) is 13.0 Å². The van der Waals surface area contributed by atoms with Gasteiger partial charge >= 0.3 is 0 Å². The fourth-order valence-corrected chi connectivity index (χ4v) is 7.61. The van der Waals surface area contributed by atoms with E-state index in [1.165, 1.54) is 0 Å². The van der Waals surface area contributed by atoms with Crippen molar-refractivity contribution >= 4 is 50.8 Å². The van der Waals surface area contributed by atoms with Gasteiger partial charge < -0.3 is 5.11 Å². The van der Waals surface area contributed by atoms with E-state index in [0.717, 1.165) is 16.6 Å². The number of hydrogen-bond donors (Lipinski definition) is 1. The second-order valence-electron chi connectivity index (χ2n) is 14.4. The number of rotatable bonds is 10. The molecule has 7 aromatic rings. The van der Waals surface area contributed by atoms with E-state index in [-0.39, 0.29) is 18.9 Å². The summed E-state index contributed by atoms with van der Waals surface area (Å²) in [4.78, 5) is 12.7. The number of aliphatic hydroxyl groups is 1. The number of aromatic nitrogens is 1. The zero-order valence-electron chi connectivity index (χ0n) is 33.6. The van der Waals surface area contributed by atoms with Crippen LogP contribution in [0.1, 0.15) is 22.5 Å². The fraction of sp³-hybridized carbons (Fsp3) is 0.0667. The molecule has 6 aromatic carbocycles. The molecule has 0 aliphatic rings. The Hall–Kier alpha value is -7.24. The highest BCUT2D eigenvalue weighted by Gasteiger charge is 2.52. The molecule has 0 spiro atoms. The van der Waals surface area contributed by atoms with Gasteiger partial charge in [-0.3, -0.25) is 4.79 Å². The van der Waals surface area contributed by atoms with Crippen LogP contribution >= 0.6 is 0 Å². The van der Waals surface area contributed by atoms with Crippen LogP contribution in [0.3, 0.4) is 0 Å². The van der Waals surface area contributed by atoms with Crippen LogP contribution in [-0.4, -0.2) is 23.6 Å². The van der Waals surface area contributed by atoms with Gasteiger partial charge in [0, 0.05) is 35.8 Å². The molecular formula is C45H20BF20NO2. The van der Waals surface area contributed by atoms with E-state index in [2.05, 4.69) is 6.07 Å². The standard InChI is InChI=1S/C24BF20.C21H20NO2/c26-5-1(6(27)14(35)21(42)13(5)34)25(2-7(28)15(36)22(43)16(37)8(2)29,3-9(30)17(38)23(44)18(39)10(3)31)4-11(32)19(40)24(45)20(41)12(4)33;23-15-7-6-11-19-14-13-17-8-4-5-12-20(17)22(19)16-21(24)18-9-2-1-3-10-18/h;1-6,8-14,23H,7,15-16H2/q-1;+1. The molecule has 0 aliphatic carbocycles. The molecule has 0 atom stereocenters. The van der Waals surface area contributed by atoms with E-state index in [1.54, 1.807) is 0 Å². The van der Waals surface area contributed by atoms with Gasteiger partial charge in [-0.05, 0) is 18.6 Å². The van der Waals surface area contributed by atoms with Crippen LogP contribution in [0.2, 0.25) is 0 Å². The van der Waals surface area contributed by atoms with Crippen molar-refractivity contribution in [3.63, 3.8) is 0 Å². The summed E-state index contributed by atoms with van der Waals surface area (Å²) >= 11 is 0. The monoisotopic (exact) mass is 997 g/mol. The van der Waals surface area contributed by atoms with Gasteiger partial charge in [0.2, 0.25) is 23.5 Å². The number of hydrogen-bond acceptors (Lipinski definition) is 2. The Balaban J connectivity index is 0.000000273. The molecule has 0 saturated carbocycles. The molecule has 7 rings (SSSR count). The van der Waals surface area contributed by atoms with Gasteiger partial charge in [-0.15, -0.1) is 21.9 Å². The van der Waals surface area contributed by atoms with Crippen molar-refractivity contribution in [1.29, 1.82) is 0 Å². The molecule has 0 bridgehead atoms. The molecule has 0 saturated heterocycles. The molecule has 0 unspecified atom stereocenters. The van der Waals surface area contributed by atoms with Crippen LogP contribution in [0.25, 0.3) is 17.0 Å². The van der Waals surface area contributed by atoms with Crippen LogP contribution in [0.4, 0.5) is 87.8 Å². The Bertz CT molecular complexity index is 2860. The van der Waals surface area contributed by atoms with Crippen molar-refractivity contribution < 1.29 is 102 Å². The second-order valence-corrected chi connectivity index (χ2v) is 14.4. The number of Topliss-reactive ketones (excluding diaryl/α,β-unsaturated/α-hetero) is 1. The highest BCUT2D eigenvalue weighted by atomic mass is 19.2. The van der Waals surface area contributed by atoms with Crippen LogP contribution < -0.4 is 26.4 Å². The number of ketones is 1. The van der Waals surface area contributed by atoms with E-state index in [4.69, 9.17) is 5.11 Å². The van der Waals surface area contributed by atoms with E-state index in [0.29, 0.717) is 12.0 Å². The van der Waals surface area contributed by atoms with Gasteiger partial charge in [0.25, 0.3) is 0 Å². The zero-order valence-corrected chi connectivity index (χ0v) is 33.6. The summed E-state index contributed by atoms with van der Waals surface area (Å²) in [7, 11) is 0. The number of para-hydroxylation sites is 1. The SMILES string of the molecule is Fc1c(F)c(F)c([B-](c2c(F)c(F)c(F)c(F)c2F)(c2c(F)c(F)c(F)c(F)c2F)c2c(F)c(F)c(F)c(F)c2F)c(F)c1F.O=C(C[n+]1c(C=CCCO)ccc2ccccc21)c1ccccc1. The predicted octanol–water partition coefficient (Wildman–Crippen LogP) is 9.25. The van der Waals surface area contributed by atoms with E-state index < -0.39 is 144 Å². The highest BCUT2D eigenvalue weighted by molar-refractivity contribution is 7.20. The van der Waals surface area contributed by atoms with Crippen LogP contribution in [0, 0.1) is 116 Å². The number of carbonyl (C=O) groups excluding carboxylic acids is 1. The summed E-state index contributed by atoms with van der Waals surface area (Å²) in [5.41, 5.74) is -11.6. The quantitative estimate of drug-likeness (QED) is 0.0371. The van der Waals surface area contributed by atoms with Crippen molar-refractivity contribution in [3.05, 3.63) is 200 Å². The Kier molecular flexibility index (Phi) is 14.7. The van der Waals surface area contributed by atoms with Crippen molar-refractivity contribution in [1.82, 2.24) is 0 Å². The van der Waals surface area contributed by atoms with Gasteiger partial charge in [-0.2, -0.15) is 4.57 Å². The number of halogens is 20. The Morgan fingerprint density at radius 3 is 1.09 bits per heavy atom. The van der Waals surface area contributed by atoms with Crippen LogP contribution in [0.15, 0.2) is 72.8 Å². The molecule has 69 heavy (non-hydrogen) atoms. The maximum Gasteiger partial charge on any atom is 0.227 e. The van der Waals surface area contributed by atoms with Crippen molar-refractivity contribution in [2.24, 2.45) is 0 Å². The number of benzene rings is 6. The minimum Gasteiger partial charge on any atom is -0.396 e. The molecule has 24 heteroatoms. The lowest BCUT2D eigenvalue weighted by molar-refractivity contribution is -0.658. The third kappa shape index (κ3) is 8.43. The van der Waals surface area contributed by atoms with Crippen molar-refractivity contribution in [2.75, 3.05) is 6.61 Å². The average molecular weight is 997 g/mol. The maximum atomic E-state index is 15.4. The third-order valence-electron chi connectivity index (χ3n) is 10.7. The largest absolute Gasteiger partial charge is 0.396 e. The normalized spacial score (nSPS) is 11.7.